The number of carbonyl (C=O) groups is 1. The molecule has 0 aromatic rings. The van der Waals surface area contributed by atoms with Gasteiger partial charge in [0.05, 0.1) is 6.61 Å². The second-order valence-electron chi connectivity index (χ2n) is 4.15. The van der Waals surface area contributed by atoms with Crippen LogP contribution in [-0.2, 0) is 4.79 Å². The topological polar surface area (TPSA) is 49.3 Å². The Bertz CT molecular complexity index is 195. The van der Waals surface area contributed by atoms with Gasteiger partial charge in [-0.3, -0.25) is 4.79 Å². The molecule has 0 atom stereocenters. The van der Waals surface area contributed by atoms with E-state index < -0.39 is 0 Å². The summed E-state index contributed by atoms with van der Waals surface area (Å²) in [5.74, 6) is 0.481. The molecular formula is C9H15NO2. The number of aliphatic hydroxyl groups is 1. The van der Waals surface area contributed by atoms with Gasteiger partial charge in [-0.2, -0.15) is 0 Å². The van der Waals surface area contributed by atoms with E-state index in [1.54, 1.807) is 0 Å². The van der Waals surface area contributed by atoms with Crippen LogP contribution in [0.15, 0.2) is 0 Å². The van der Waals surface area contributed by atoms with Crippen LogP contribution in [0.4, 0.5) is 0 Å². The van der Waals surface area contributed by atoms with Gasteiger partial charge in [0.2, 0.25) is 5.91 Å². The normalized spacial score (nSPS) is 25.1. The van der Waals surface area contributed by atoms with E-state index in [0.717, 1.165) is 25.7 Å². The van der Waals surface area contributed by atoms with Crippen molar-refractivity contribution >= 4 is 5.91 Å². The molecule has 12 heavy (non-hydrogen) atoms. The van der Waals surface area contributed by atoms with E-state index in [1.807, 2.05) is 0 Å². The van der Waals surface area contributed by atoms with E-state index in [2.05, 4.69) is 5.32 Å². The van der Waals surface area contributed by atoms with Gasteiger partial charge in [0.15, 0.2) is 0 Å². The Labute approximate surface area is 72.2 Å². The molecule has 1 amide bonds. The summed E-state index contributed by atoms with van der Waals surface area (Å²) in [5.41, 5.74) is 0.0601. The highest BCUT2D eigenvalue weighted by atomic mass is 16.3. The molecule has 0 saturated heterocycles. The Morgan fingerprint density at radius 2 is 2.17 bits per heavy atom. The monoisotopic (exact) mass is 169 g/mol. The van der Waals surface area contributed by atoms with Crippen molar-refractivity contribution in [3.8, 4) is 0 Å². The van der Waals surface area contributed by atoms with Gasteiger partial charge in [-0.05, 0) is 25.7 Å². The maximum atomic E-state index is 11.2. The molecule has 2 aliphatic rings. The van der Waals surface area contributed by atoms with Gasteiger partial charge >= 0.3 is 0 Å². The second kappa shape index (κ2) is 2.73. The first kappa shape index (κ1) is 8.05. The minimum atomic E-state index is 0.0601. The van der Waals surface area contributed by atoms with E-state index in [1.165, 1.54) is 0 Å². The Hall–Kier alpha value is -0.570. The fourth-order valence-electron chi connectivity index (χ4n) is 1.33. The molecule has 2 aliphatic carbocycles. The average molecular weight is 169 g/mol. The van der Waals surface area contributed by atoms with Crippen LogP contribution < -0.4 is 5.32 Å². The van der Waals surface area contributed by atoms with Crippen LogP contribution in [0.25, 0.3) is 0 Å². The van der Waals surface area contributed by atoms with E-state index in [4.69, 9.17) is 5.11 Å². The lowest BCUT2D eigenvalue weighted by atomic mass is 10.1. The standard InChI is InChI=1S/C9H15NO2/c11-6-9(3-4-9)5-10-8(12)7-1-2-7/h7,11H,1-6H2,(H,10,12). The maximum absolute atomic E-state index is 11.2. The van der Waals surface area contributed by atoms with Crippen molar-refractivity contribution in [3.05, 3.63) is 0 Å². The largest absolute Gasteiger partial charge is 0.396 e. The predicted molar refractivity (Wildman–Crippen MR) is 44.5 cm³/mol. The molecule has 0 aromatic carbocycles. The molecule has 0 radical (unpaired) electrons. The van der Waals surface area contributed by atoms with Crippen LogP contribution in [-0.4, -0.2) is 24.2 Å². The second-order valence-corrected chi connectivity index (χ2v) is 4.15. The number of rotatable bonds is 4. The quantitative estimate of drug-likeness (QED) is 0.635. The van der Waals surface area contributed by atoms with Gasteiger partial charge in [-0.15, -0.1) is 0 Å². The number of hydrogen-bond donors (Lipinski definition) is 2. The third-order valence-electron chi connectivity index (χ3n) is 2.88. The minimum Gasteiger partial charge on any atom is -0.396 e. The molecule has 0 aliphatic heterocycles. The molecule has 2 rings (SSSR count). The van der Waals surface area contributed by atoms with Gasteiger partial charge in [0.25, 0.3) is 0 Å². The first-order chi connectivity index (χ1) is 5.76. The first-order valence-electron chi connectivity index (χ1n) is 4.64. The Balaban J connectivity index is 1.70. The van der Waals surface area contributed by atoms with Crippen LogP contribution in [0.3, 0.4) is 0 Å². The fourth-order valence-corrected chi connectivity index (χ4v) is 1.33. The lowest BCUT2D eigenvalue weighted by Gasteiger charge is -2.11. The lowest BCUT2D eigenvalue weighted by Crippen LogP contribution is -2.32. The molecule has 0 heterocycles. The van der Waals surface area contributed by atoms with Gasteiger partial charge in [0, 0.05) is 17.9 Å². The van der Waals surface area contributed by atoms with E-state index >= 15 is 0 Å². The highest BCUT2D eigenvalue weighted by molar-refractivity contribution is 5.80. The summed E-state index contributed by atoms with van der Waals surface area (Å²) in [6.07, 6.45) is 4.23. The third kappa shape index (κ3) is 1.61. The highest BCUT2D eigenvalue weighted by Gasteiger charge is 2.42. The van der Waals surface area contributed by atoms with Crippen molar-refractivity contribution in [3.63, 3.8) is 0 Å². The Kier molecular flexibility index (Phi) is 1.83. The number of nitrogens with one attached hydrogen (secondary N) is 1. The van der Waals surface area contributed by atoms with Crippen LogP contribution in [0.5, 0.6) is 0 Å². The smallest absolute Gasteiger partial charge is 0.223 e. The van der Waals surface area contributed by atoms with E-state index in [-0.39, 0.29) is 17.9 Å². The number of carbonyl (C=O) groups excluding carboxylic acids is 1. The first-order valence-corrected chi connectivity index (χ1v) is 4.64. The molecule has 2 fully saturated rings. The number of amides is 1. The maximum Gasteiger partial charge on any atom is 0.223 e. The van der Waals surface area contributed by atoms with Gasteiger partial charge in [0.1, 0.15) is 0 Å². The number of aliphatic hydroxyl groups excluding tert-OH is 1. The fraction of sp³-hybridized carbons (Fsp3) is 0.889. The highest BCUT2D eigenvalue weighted by Crippen LogP contribution is 2.44. The SMILES string of the molecule is O=C(NCC1(CO)CC1)C1CC1. The van der Waals surface area contributed by atoms with Crippen LogP contribution >= 0.6 is 0 Å². The van der Waals surface area contributed by atoms with Crippen molar-refractivity contribution in [2.45, 2.75) is 25.7 Å². The van der Waals surface area contributed by atoms with E-state index in [9.17, 15) is 4.79 Å². The molecule has 0 spiro atoms. The van der Waals surface area contributed by atoms with Crippen molar-refractivity contribution in [2.75, 3.05) is 13.2 Å². The van der Waals surface area contributed by atoms with Crippen molar-refractivity contribution in [2.24, 2.45) is 11.3 Å². The van der Waals surface area contributed by atoms with Gasteiger partial charge in [-0.25, -0.2) is 0 Å². The minimum absolute atomic E-state index is 0.0601. The Morgan fingerprint density at radius 1 is 1.50 bits per heavy atom. The summed E-state index contributed by atoms with van der Waals surface area (Å²) in [6, 6.07) is 0. The molecule has 2 saturated carbocycles. The van der Waals surface area contributed by atoms with Gasteiger partial charge < -0.3 is 10.4 Å². The van der Waals surface area contributed by atoms with Crippen molar-refractivity contribution in [1.29, 1.82) is 0 Å². The zero-order valence-corrected chi connectivity index (χ0v) is 7.18. The van der Waals surface area contributed by atoms with Crippen LogP contribution in [0, 0.1) is 11.3 Å². The Morgan fingerprint density at radius 3 is 2.58 bits per heavy atom. The van der Waals surface area contributed by atoms with Crippen molar-refractivity contribution in [1.82, 2.24) is 5.32 Å². The molecule has 0 aromatic heterocycles. The van der Waals surface area contributed by atoms with Crippen molar-refractivity contribution < 1.29 is 9.90 Å². The molecule has 68 valence electrons. The molecular weight excluding hydrogens is 154 g/mol. The van der Waals surface area contributed by atoms with Crippen LogP contribution in [0.2, 0.25) is 0 Å². The summed E-state index contributed by atoms with van der Waals surface area (Å²) >= 11 is 0. The van der Waals surface area contributed by atoms with Gasteiger partial charge in [-0.1, -0.05) is 0 Å². The molecule has 3 nitrogen and oxygen atoms in total. The molecule has 0 bridgehead atoms. The molecule has 0 unspecified atom stereocenters. The van der Waals surface area contributed by atoms with Crippen LogP contribution in [0.1, 0.15) is 25.7 Å². The summed E-state index contributed by atoms with van der Waals surface area (Å²) in [5, 5.41) is 11.9. The molecule has 3 heteroatoms. The number of hydrogen-bond acceptors (Lipinski definition) is 2. The lowest BCUT2D eigenvalue weighted by molar-refractivity contribution is -0.122. The average Bonchev–Trinajstić information content (AvgIpc) is 2.94. The zero-order chi connectivity index (χ0) is 8.60. The predicted octanol–water partition coefficient (Wildman–Crippen LogP) is 0.285. The third-order valence-corrected chi connectivity index (χ3v) is 2.88. The summed E-state index contributed by atoms with van der Waals surface area (Å²) in [4.78, 5) is 11.2. The zero-order valence-electron chi connectivity index (χ0n) is 7.18. The summed E-state index contributed by atoms with van der Waals surface area (Å²) in [7, 11) is 0. The summed E-state index contributed by atoms with van der Waals surface area (Å²) < 4.78 is 0. The summed E-state index contributed by atoms with van der Waals surface area (Å²) in [6.45, 7) is 0.900. The molecule has 2 N–H and O–H groups in total. The van der Waals surface area contributed by atoms with E-state index in [0.29, 0.717) is 12.5 Å².